The quantitative estimate of drug-likeness (QED) is 0.582. The average molecular weight is 440 g/mol. The Labute approximate surface area is 171 Å². The topological polar surface area (TPSA) is 119 Å². The van der Waals surface area contributed by atoms with Crippen molar-refractivity contribution in [2.45, 2.75) is 24.3 Å². The number of carbonyl (C=O) groups is 2. The van der Waals surface area contributed by atoms with E-state index in [2.05, 4.69) is 15.3 Å². The van der Waals surface area contributed by atoms with Crippen LogP contribution in [0.4, 0.5) is 13.6 Å². The molecule has 3 rings (SSSR count). The van der Waals surface area contributed by atoms with Crippen LogP contribution in [0.5, 0.6) is 5.75 Å². The van der Waals surface area contributed by atoms with Crippen molar-refractivity contribution in [2.75, 3.05) is 18.9 Å². The Hall–Kier alpha value is -3.15. The van der Waals surface area contributed by atoms with Gasteiger partial charge in [-0.3, -0.25) is 10.1 Å². The maximum Gasteiger partial charge on any atom is 0.324 e. The first-order valence-electron chi connectivity index (χ1n) is 8.85. The second-order valence-electron chi connectivity index (χ2n) is 6.46. The van der Waals surface area contributed by atoms with Gasteiger partial charge in [0.2, 0.25) is 5.91 Å². The lowest BCUT2D eigenvalue weighted by Crippen LogP contribution is -2.27. The SMILES string of the molecule is O=C1CN(Cc2cnc(CCS(=O)(=O)c3cccc(OCC(F)F)c3)nc2)C(=O)N1. The van der Waals surface area contributed by atoms with Crippen molar-refractivity contribution < 1.29 is 31.5 Å². The number of nitrogens with zero attached hydrogens (tertiary/aromatic N) is 3. The Morgan fingerprint density at radius 3 is 2.57 bits per heavy atom. The lowest BCUT2D eigenvalue weighted by molar-refractivity contribution is -0.118. The molecule has 12 heteroatoms. The van der Waals surface area contributed by atoms with Crippen LogP contribution < -0.4 is 10.1 Å². The number of sulfone groups is 1. The van der Waals surface area contributed by atoms with Gasteiger partial charge in [0.1, 0.15) is 24.7 Å². The predicted molar refractivity (Wildman–Crippen MR) is 99.7 cm³/mol. The number of nitrogens with one attached hydrogen (secondary N) is 1. The molecule has 1 fully saturated rings. The van der Waals surface area contributed by atoms with E-state index in [1.807, 2.05) is 0 Å². The van der Waals surface area contributed by atoms with Crippen LogP contribution in [-0.4, -0.2) is 60.6 Å². The zero-order chi connectivity index (χ0) is 21.7. The molecule has 2 aromatic rings. The van der Waals surface area contributed by atoms with E-state index >= 15 is 0 Å². The van der Waals surface area contributed by atoms with Gasteiger partial charge >= 0.3 is 6.03 Å². The molecular weight excluding hydrogens is 422 g/mol. The number of urea groups is 1. The summed E-state index contributed by atoms with van der Waals surface area (Å²) in [5, 5.41) is 2.16. The molecule has 0 saturated carbocycles. The summed E-state index contributed by atoms with van der Waals surface area (Å²) < 4.78 is 54.4. The summed E-state index contributed by atoms with van der Waals surface area (Å²) in [4.78, 5) is 32.2. The number of ether oxygens (including phenoxy) is 1. The van der Waals surface area contributed by atoms with E-state index in [0.717, 1.165) is 0 Å². The lowest BCUT2D eigenvalue weighted by atomic mass is 10.3. The van der Waals surface area contributed by atoms with E-state index in [4.69, 9.17) is 4.74 Å². The van der Waals surface area contributed by atoms with Gasteiger partial charge in [0.05, 0.1) is 17.2 Å². The molecule has 0 unspecified atom stereocenters. The number of hydrogen-bond donors (Lipinski definition) is 1. The van der Waals surface area contributed by atoms with E-state index in [9.17, 15) is 26.8 Å². The Morgan fingerprint density at radius 2 is 1.93 bits per heavy atom. The third kappa shape index (κ3) is 5.69. The minimum absolute atomic E-state index is 0.0351. The Bertz CT molecular complexity index is 1030. The number of halogens is 2. The highest BCUT2D eigenvalue weighted by molar-refractivity contribution is 7.91. The van der Waals surface area contributed by atoms with Crippen LogP contribution in [0.2, 0.25) is 0 Å². The van der Waals surface area contributed by atoms with E-state index in [0.29, 0.717) is 5.56 Å². The third-order valence-corrected chi connectivity index (χ3v) is 5.85. The summed E-state index contributed by atoms with van der Waals surface area (Å²) in [5.41, 5.74) is 0.593. The summed E-state index contributed by atoms with van der Waals surface area (Å²) in [5.74, 6) is -0.338. The zero-order valence-electron chi connectivity index (χ0n) is 15.6. The van der Waals surface area contributed by atoms with Crippen LogP contribution in [0.25, 0.3) is 0 Å². The molecule has 160 valence electrons. The van der Waals surface area contributed by atoms with Crippen LogP contribution in [0.15, 0.2) is 41.6 Å². The standard InChI is InChI=1S/C18H18F2N4O5S/c19-15(20)11-29-13-2-1-3-14(6-13)30(27,28)5-4-16-21-7-12(8-22-16)9-24-10-17(25)23-18(24)26/h1-3,6-8,15H,4-5,9-11H2,(H,23,25,26). The van der Waals surface area contributed by atoms with Gasteiger partial charge < -0.3 is 9.64 Å². The molecule has 0 radical (unpaired) electrons. The molecule has 1 N–H and O–H groups in total. The lowest BCUT2D eigenvalue weighted by Gasteiger charge is -2.12. The van der Waals surface area contributed by atoms with Crippen LogP contribution in [0, 0.1) is 0 Å². The van der Waals surface area contributed by atoms with Crippen molar-refractivity contribution >= 4 is 21.8 Å². The van der Waals surface area contributed by atoms with E-state index in [1.54, 1.807) is 0 Å². The van der Waals surface area contributed by atoms with Gasteiger partial charge in [-0.2, -0.15) is 0 Å². The number of aryl methyl sites for hydroxylation is 1. The average Bonchev–Trinajstić information content (AvgIpc) is 3.03. The molecule has 0 spiro atoms. The number of rotatable bonds is 9. The van der Waals surface area contributed by atoms with Crippen LogP contribution in [-0.2, 0) is 27.6 Å². The maximum absolute atomic E-state index is 12.5. The van der Waals surface area contributed by atoms with Gasteiger partial charge in [0, 0.05) is 24.4 Å². The van der Waals surface area contributed by atoms with E-state index in [1.165, 1.54) is 41.6 Å². The molecule has 3 amide bonds. The van der Waals surface area contributed by atoms with Crippen LogP contribution >= 0.6 is 0 Å². The molecule has 1 aliphatic heterocycles. The van der Waals surface area contributed by atoms with Gasteiger partial charge in [-0.25, -0.2) is 32.0 Å². The first kappa shape index (κ1) is 21.6. The summed E-state index contributed by atoms with van der Waals surface area (Å²) in [6.45, 7) is -0.711. The number of benzene rings is 1. The maximum atomic E-state index is 12.5. The van der Waals surface area contributed by atoms with E-state index in [-0.39, 0.29) is 47.6 Å². The fourth-order valence-corrected chi connectivity index (χ4v) is 3.95. The first-order valence-corrected chi connectivity index (χ1v) is 10.5. The zero-order valence-corrected chi connectivity index (χ0v) is 16.4. The summed E-state index contributed by atoms with van der Waals surface area (Å²) in [6.07, 6.45) is 0.298. The number of hydrogen-bond acceptors (Lipinski definition) is 7. The molecule has 1 aromatic heterocycles. The molecule has 0 bridgehead atoms. The molecular formula is C18H18F2N4O5S. The molecule has 1 aromatic carbocycles. The van der Waals surface area contributed by atoms with Crippen molar-refractivity contribution in [3.8, 4) is 5.75 Å². The molecule has 0 aliphatic carbocycles. The summed E-state index contributed by atoms with van der Waals surface area (Å²) >= 11 is 0. The highest BCUT2D eigenvalue weighted by Crippen LogP contribution is 2.20. The van der Waals surface area contributed by atoms with Gasteiger partial charge in [-0.05, 0) is 18.2 Å². The van der Waals surface area contributed by atoms with Crippen molar-refractivity contribution in [1.82, 2.24) is 20.2 Å². The number of imide groups is 1. The molecule has 1 aliphatic rings. The first-order chi connectivity index (χ1) is 14.2. The van der Waals surface area contributed by atoms with Crippen molar-refractivity contribution in [3.63, 3.8) is 0 Å². The largest absolute Gasteiger partial charge is 0.488 e. The van der Waals surface area contributed by atoms with Gasteiger partial charge in [-0.1, -0.05) is 6.07 Å². The van der Waals surface area contributed by atoms with Gasteiger partial charge in [0.25, 0.3) is 6.43 Å². The normalized spacial score (nSPS) is 14.3. The molecule has 9 nitrogen and oxygen atoms in total. The van der Waals surface area contributed by atoms with Crippen molar-refractivity contribution in [2.24, 2.45) is 0 Å². The second-order valence-corrected chi connectivity index (χ2v) is 8.57. The highest BCUT2D eigenvalue weighted by Gasteiger charge is 2.26. The number of carbonyl (C=O) groups excluding carboxylic acids is 2. The number of amides is 3. The van der Waals surface area contributed by atoms with E-state index < -0.39 is 28.9 Å². The molecule has 1 saturated heterocycles. The highest BCUT2D eigenvalue weighted by atomic mass is 32.2. The Balaban J connectivity index is 1.58. The Morgan fingerprint density at radius 1 is 1.20 bits per heavy atom. The minimum Gasteiger partial charge on any atom is -0.488 e. The second kappa shape index (κ2) is 9.11. The van der Waals surface area contributed by atoms with Crippen LogP contribution in [0.3, 0.4) is 0 Å². The fraction of sp³-hybridized carbons (Fsp3) is 0.333. The van der Waals surface area contributed by atoms with Crippen molar-refractivity contribution in [1.29, 1.82) is 0 Å². The predicted octanol–water partition coefficient (Wildman–Crippen LogP) is 1.19. The summed E-state index contributed by atoms with van der Waals surface area (Å²) in [7, 11) is -3.71. The van der Waals surface area contributed by atoms with Gasteiger partial charge in [0.15, 0.2) is 9.84 Å². The molecule has 0 atom stereocenters. The molecule has 2 heterocycles. The Kier molecular flexibility index (Phi) is 6.55. The monoisotopic (exact) mass is 440 g/mol. The van der Waals surface area contributed by atoms with Crippen molar-refractivity contribution in [3.05, 3.63) is 48.0 Å². The number of aromatic nitrogens is 2. The fourth-order valence-electron chi connectivity index (χ4n) is 2.68. The third-order valence-electron chi connectivity index (χ3n) is 4.14. The summed E-state index contributed by atoms with van der Waals surface area (Å²) in [6, 6.07) is 4.88. The van der Waals surface area contributed by atoms with Gasteiger partial charge in [-0.15, -0.1) is 0 Å². The number of alkyl halides is 2. The smallest absolute Gasteiger partial charge is 0.324 e. The molecule has 30 heavy (non-hydrogen) atoms. The van der Waals surface area contributed by atoms with Crippen LogP contribution in [0.1, 0.15) is 11.4 Å². The minimum atomic E-state index is -3.71.